The van der Waals surface area contributed by atoms with Crippen molar-refractivity contribution in [3.63, 3.8) is 0 Å². The molecule has 0 fully saturated rings. The Bertz CT molecular complexity index is 562. The molecule has 0 saturated carbocycles. The minimum atomic E-state index is -0.683. The Morgan fingerprint density at radius 3 is 1.88 bits per heavy atom. The highest BCUT2D eigenvalue weighted by molar-refractivity contribution is 5.92. The second-order valence-electron chi connectivity index (χ2n) is 5.73. The number of amides is 1. The van der Waals surface area contributed by atoms with E-state index in [9.17, 15) is 15.0 Å². The molecule has 2 atom stereocenters. The Kier molecular flexibility index (Phi) is 8.24. The van der Waals surface area contributed by atoms with Crippen LogP contribution in [0.4, 0.5) is 0 Å². The monoisotopic (exact) mass is 353 g/mol. The molecule has 0 aromatic heterocycles. The van der Waals surface area contributed by atoms with E-state index in [1.807, 2.05) is 0 Å². The van der Waals surface area contributed by atoms with Gasteiger partial charge in [0.05, 0.1) is 33.5 Å². The van der Waals surface area contributed by atoms with Crippen molar-refractivity contribution >= 4 is 12.0 Å². The third-order valence-electron chi connectivity index (χ3n) is 3.39. The number of nitrogens with zero attached hydrogens (tertiary/aromatic N) is 1. The average Bonchev–Trinajstić information content (AvgIpc) is 2.56. The number of carbonyl (C=O) groups is 1. The molecule has 0 heterocycles. The van der Waals surface area contributed by atoms with Gasteiger partial charge < -0.3 is 29.3 Å². The molecule has 7 heteroatoms. The van der Waals surface area contributed by atoms with Gasteiger partial charge in [0.15, 0.2) is 11.5 Å². The first-order valence-electron chi connectivity index (χ1n) is 7.95. The van der Waals surface area contributed by atoms with Crippen molar-refractivity contribution in [1.82, 2.24) is 4.90 Å². The Labute approximate surface area is 148 Å². The van der Waals surface area contributed by atoms with E-state index in [0.717, 1.165) is 0 Å². The largest absolute Gasteiger partial charge is 0.493 e. The number of methoxy groups -OCH3 is 3. The third kappa shape index (κ3) is 6.28. The Morgan fingerprint density at radius 2 is 1.52 bits per heavy atom. The number of carbonyl (C=O) groups excluding carboxylic acids is 1. The summed E-state index contributed by atoms with van der Waals surface area (Å²) in [5, 5.41) is 19.0. The second-order valence-corrected chi connectivity index (χ2v) is 5.73. The van der Waals surface area contributed by atoms with Crippen LogP contribution >= 0.6 is 0 Å². The third-order valence-corrected chi connectivity index (χ3v) is 3.39. The summed E-state index contributed by atoms with van der Waals surface area (Å²) in [6, 6.07) is 3.44. The molecule has 2 N–H and O–H groups in total. The summed E-state index contributed by atoms with van der Waals surface area (Å²) in [7, 11) is 4.55. The minimum Gasteiger partial charge on any atom is -0.493 e. The first kappa shape index (κ1) is 20.8. The lowest BCUT2D eigenvalue weighted by Crippen LogP contribution is -2.39. The molecule has 25 heavy (non-hydrogen) atoms. The highest BCUT2D eigenvalue weighted by Gasteiger charge is 2.16. The van der Waals surface area contributed by atoms with Crippen LogP contribution in [-0.4, -0.2) is 67.6 Å². The van der Waals surface area contributed by atoms with Crippen LogP contribution in [0.25, 0.3) is 6.08 Å². The van der Waals surface area contributed by atoms with Crippen molar-refractivity contribution in [1.29, 1.82) is 0 Å². The molecule has 140 valence electrons. The average molecular weight is 353 g/mol. The first-order valence-corrected chi connectivity index (χ1v) is 7.95. The molecule has 1 amide bonds. The summed E-state index contributed by atoms with van der Waals surface area (Å²) in [6.45, 7) is 3.46. The van der Waals surface area contributed by atoms with Crippen LogP contribution in [-0.2, 0) is 4.79 Å². The normalized spacial score (nSPS) is 13.4. The highest BCUT2D eigenvalue weighted by Crippen LogP contribution is 2.38. The van der Waals surface area contributed by atoms with Gasteiger partial charge in [-0.25, -0.2) is 0 Å². The number of ether oxygens (including phenoxy) is 3. The highest BCUT2D eigenvalue weighted by atomic mass is 16.5. The maximum Gasteiger partial charge on any atom is 0.246 e. The predicted molar refractivity (Wildman–Crippen MR) is 95.1 cm³/mol. The summed E-state index contributed by atoms with van der Waals surface area (Å²) < 4.78 is 15.8. The molecule has 0 bridgehead atoms. The van der Waals surface area contributed by atoms with Crippen molar-refractivity contribution in [2.24, 2.45) is 0 Å². The van der Waals surface area contributed by atoms with E-state index >= 15 is 0 Å². The van der Waals surface area contributed by atoms with Crippen molar-refractivity contribution in [2.45, 2.75) is 26.1 Å². The van der Waals surface area contributed by atoms with Gasteiger partial charge in [0.25, 0.3) is 0 Å². The fourth-order valence-electron chi connectivity index (χ4n) is 2.36. The van der Waals surface area contributed by atoms with Crippen LogP contribution in [0.3, 0.4) is 0 Å². The van der Waals surface area contributed by atoms with Gasteiger partial charge >= 0.3 is 0 Å². The van der Waals surface area contributed by atoms with Crippen molar-refractivity contribution in [2.75, 3.05) is 34.4 Å². The van der Waals surface area contributed by atoms with E-state index in [1.165, 1.54) is 32.3 Å². The number of benzene rings is 1. The maximum absolute atomic E-state index is 12.3. The van der Waals surface area contributed by atoms with E-state index in [-0.39, 0.29) is 19.0 Å². The smallest absolute Gasteiger partial charge is 0.246 e. The fraction of sp³-hybridized carbons (Fsp3) is 0.500. The second kappa shape index (κ2) is 9.90. The predicted octanol–water partition coefficient (Wildman–Crippen LogP) is 1.32. The van der Waals surface area contributed by atoms with E-state index in [1.54, 1.807) is 32.1 Å². The number of aliphatic hydroxyl groups excluding tert-OH is 2. The number of aliphatic hydroxyl groups is 2. The molecule has 0 aliphatic carbocycles. The van der Waals surface area contributed by atoms with Crippen LogP contribution < -0.4 is 14.2 Å². The van der Waals surface area contributed by atoms with Gasteiger partial charge in [0.1, 0.15) is 0 Å². The zero-order valence-corrected chi connectivity index (χ0v) is 15.4. The van der Waals surface area contributed by atoms with Crippen LogP contribution in [0.5, 0.6) is 17.2 Å². The van der Waals surface area contributed by atoms with E-state index < -0.39 is 12.2 Å². The van der Waals surface area contributed by atoms with Crippen LogP contribution in [0.15, 0.2) is 18.2 Å². The lowest BCUT2D eigenvalue weighted by molar-refractivity contribution is -0.128. The molecule has 1 rings (SSSR count). The summed E-state index contributed by atoms with van der Waals surface area (Å²) in [5.41, 5.74) is 0.692. The maximum atomic E-state index is 12.3. The molecule has 0 aliphatic rings. The first-order chi connectivity index (χ1) is 11.8. The molecule has 2 unspecified atom stereocenters. The van der Waals surface area contributed by atoms with E-state index in [2.05, 4.69) is 0 Å². The van der Waals surface area contributed by atoms with Crippen LogP contribution in [0.1, 0.15) is 19.4 Å². The van der Waals surface area contributed by atoms with Gasteiger partial charge in [0, 0.05) is 19.2 Å². The summed E-state index contributed by atoms with van der Waals surface area (Å²) >= 11 is 0. The zero-order valence-electron chi connectivity index (χ0n) is 15.4. The summed E-state index contributed by atoms with van der Waals surface area (Å²) in [4.78, 5) is 13.7. The van der Waals surface area contributed by atoms with Crippen LogP contribution in [0.2, 0.25) is 0 Å². The van der Waals surface area contributed by atoms with Gasteiger partial charge in [0.2, 0.25) is 11.7 Å². The topological polar surface area (TPSA) is 88.5 Å². The van der Waals surface area contributed by atoms with Gasteiger partial charge in [-0.2, -0.15) is 0 Å². The molecule has 0 spiro atoms. The van der Waals surface area contributed by atoms with Gasteiger partial charge in [-0.3, -0.25) is 4.79 Å². The summed E-state index contributed by atoms with van der Waals surface area (Å²) in [6.07, 6.45) is 1.63. The van der Waals surface area contributed by atoms with Gasteiger partial charge in [-0.05, 0) is 37.6 Å². The lowest BCUT2D eigenvalue weighted by Gasteiger charge is -2.24. The van der Waals surface area contributed by atoms with Crippen molar-refractivity contribution in [3.8, 4) is 17.2 Å². The summed E-state index contributed by atoms with van der Waals surface area (Å²) in [5.74, 6) is 1.13. The zero-order chi connectivity index (χ0) is 19.0. The van der Waals surface area contributed by atoms with Crippen LogP contribution in [0, 0.1) is 0 Å². The Morgan fingerprint density at radius 1 is 1.04 bits per heavy atom. The molecule has 0 saturated heterocycles. The molecule has 0 aliphatic heterocycles. The fourth-order valence-corrected chi connectivity index (χ4v) is 2.36. The molecule has 1 aromatic rings. The Balaban J connectivity index is 3.03. The van der Waals surface area contributed by atoms with Gasteiger partial charge in [-0.15, -0.1) is 0 Å². The Hall–Kier alpha value is -2.25. The van der Waals surface area contributed by atoms with Crippen molar-refractivity contribution in [3.05, 3.63) is 23.8 Å². The number of hydrogen-bond acceptors (Lipinski definition) is 6. The lowest BCUT2D eigenvalue weighted by atomic mass is 10.1. The SMILES string of the molecule is COc1cc(C=CC(=O)N(CC(C)O)CC(C)O)cc(OC)c1OC. The standard InChI is InChI=1S/C18H27NO6/c1-12(20)10-19(11-13(2)21)17(22)7-6-14-8-15(23-3)18(25-5)16(9-14)24-4/h6-9,12-13,20-21H,10-11H2,1-5H3. The van der Waals surface area contributed by atoms with E-state index in [4.69, 9.17) is 14.2 Å². The minimum absolute atomic E-state index is 0.142. The molecular formula is C18H27NO6. The number of rotatable bonds is 9. The van der Waals surface area contributed by atoms with Gasteiger partial charge in [-0.1, -0.05) is 0 Å². The molecule has 1 aromatic carbocycles. The molecule has 7 nitrogen and oxygen atoms in total. The molecular weight excluding hydrogens is 326 g/mol. The molecule has 0 radical (unpaired) electrons. The quantitative estimate of drug-likeness (QED) is 0.651. The van der Waals surface area contributed by atoms with E-state index in [0.29, 0.717) is 22.8 Å². The number of hydrogen-bond donors (Lipinski definition) is 2. The van der Waals surface area contributed by atoms with Crippen molar-refractivity contribution < 1.29 is 29.2 Å².